The third-order valence-corrected chi connectivity index (χ3v) is 2.95. The van der Waals surface area contributed by atoms with Gasteiger partial charge in [0.05, 0.1) is 0 Å². The summed E-state index contributed by atoms with van der Waals surface area (Å²) in [6.45, 7) is 4.62. The molecule has 0 atom stereocenters. The van der Waals surface area contributed by atoms with Crippen LogP contribution in [0.3, 0.4) is 0 Å². The summed E-state index contributed by atoms with van der Waals surface area (Å²) in [5, 5.41) is 6.02. The van der Waals surface area contributed by atoms with Crippen LogP contribution in [0.25, 0.3) is 0 Å². The van der Waals surface area contributed by atoms with E-state index in [0.29, 0.717) is 11.3 Å². The fraction of sp³-hybridized carbons (Fsp3) is 0.385. The largest absolute Gasteiger partial charge is 0.322 e. The predicted molar refractivity (Wildman–Crippen MR) is 69.9 cm³/mol. The number of anilines is 1. The third-order valence-electron chi connectivity index (χ3n) is 2.95. The molecule has 0 aliphatic carbocycles. The smallest absolute Gasteiger partial charge is 0.321 e. The Morgan fingerprint density at radius 2 is 1.78 bits per heavy atom. The molecule has 2 N–H and O–H groups in total. The Labute approximate surface area is 106 Å². The zero-order chi connectivity index (χ0) is 13.0. The minimum atomic E-state index is -0.0907. The molecule has 1 aliphatic rings. The molecule has 0 radical (unpaired) electrons. The molecular formula is C13H17N3O2. The van der Waals surface area contributed by atoms with Crippen molar-refractivity contribution >= 4 is 17.5 Å². The molecule has 2 amide bonds. The minimum absolute atomic E-state index is 0.0231. The van der Waals surface area contributed by atoms with E-state index >= 15 is 0 Å². The van der Waals surface area contributed by atoms with Gasteiger partial charge in [0.15, 0.2) is 5.78 Å². The fourth-order valence-electron chi connectivity index (χ4n) is 1.86. The van der Waals surface area contributed by atoms with Gasteiger partial charge in [-0.05, 0) is 31.2 Å². The fourth-order valence-corrected chi connectivity index (χ4v) is 1.86. The summed E-state index contributed by atoms with van der Waals surface area (Å²) in [6, 6.07) is 6.84. The molecular weight excluding hydrogens is 230 g/mol. The normalized spacial score (nSPS) is 15.3. The van der Waals surface area contributed by atoms with Crippen LogP contribution in [0.2, 0.25) is 0 Å². The van der Waals surface area contributed by atoms with Gasteiger partial charge in [-0.2, -0.15) is 0 Å². The first-order valence-electron chi connectivity index (χ1n) is 6.04. The maximum absolute atomic E-state index is 11.9. The maximum Gasteiger partial charge on any atom is 0.321 e. The van der Waals surface area contributed by atoms with E-state index in [1.165, 1.54) is 6.92 Å². The highest BCUT2D eigenvalue weighted by molar-refractivity contribution is 5.95. The summed E-state index contributed by atoms with van der Waals surface area (Å²) < 4.78 is 0. The van der Waals surface area contributed by atoms with Crippen molar-refractivity contribution in [2.75, 3.05) is 31.5 Å². The molecule has 0 unspecified atom stereocenters. The Morgan fingerprint density at radius 1 is 1.17 bits per heavy atom. The summed E-state index contributed by atoms with van der Waals surface area (Å²) in [6.07, 6.45) is 0. The number of piperazine rings is 1. The van der Waals surface area contributed by atoms with Gasteiger partial charge in [0.2, 0.25) is 0 Å². The predicted octanol–water partition coefficient (Wildman–Crippen LogP) is 1.33. The molecule has 1 aliphatic heterocycles. The highest BCUT2D eigenvalue weighted by Crippen LogP contribution is 2.11. The number of Topliss-reactive ketones (excluding diaryl/α,β-unsaturated/α-hetero) is 1. The van der Waals surface area contributed by atoms with Crippen LogP contribution >= 0.6 is 0 Å². The lowest BCUT2D eigenvalue weighted by molar-refractivity contribution is 0.101. The molecule has 2 rings (SSSR count). The molecule has 18 heavy (non-hydrogen) atoms. The maximum atomic E-state index is 11.9. The van der Waals surface area contributed by atoms with Gasteiger partial charge >= 0.3 is 6.03 Å². The van der Waals surface area contributed by atoms with Crippen molar-refractivity contribution in [3.8, 4) is 0 Å². The molecule has 0 bridgehead atoms. The number of nitrogens with one attached hydrogen (secondary N) is 2. The van der Waals surface area contributed by atoms with E-state index in [-0.39, 0.29) is 11.8 Å². The third kappa shape index (κ3) is 3.07. The van der Waals surface area contributed by atoms with E-state index in [2.05, 4.69) is 10.6 Å². The molecule has 0 aromatic heterocycles. The topological polar surface area (TPSA) is 61.4 Å². The zero-order valence-corrected chi connectivity index (χ0v) is 10.4. The van der Waals surface area contributed by atoms with Gasteiger partial charge in [-0.1, -0.05) is 0 Å². The zero-order valence-electron chi connectivity index (χ0n) is 10.4. The van der Waals surface area contributed by atoms with Gasteiger partial charge in [-0.15, -0.1) is 0 Å². The second-order valence-electron chi connectivity index (χ2n) is 4.30. The Kier molecular flexibility index (Phi) is 3.94. The van der Waals surface area contributed by atoms with Crippen LogP contribution in [0, 0.1) is 0 Å². The second-order valence-corrected chi connectivity index (χ2v) is 4.30. The van der Waals surface area contributed by atoms with Gasteiger partial charge in [0.1, 0.15) is 0 Å². The number of hydrogen-bond donors (Lipinski definition) is 2. The first kappa shape index (κ1) is 12.6. The quantitative estimate of drug-likeness (QED) is 0.775. The molecule has 5 heteroatoms. The van der Waals surface area contributed by atoms with Gasteiger partial charge in [-0.25, -0.2) is 4.79 Å². The first-order chi connectivity index (χ1) is 8.66. The van der Waals surface area contributed by atoms with Gasteiger partial charge in [-0.3, -0.25) is 4.79 Å². The average Bonchev–Trinajstić information content (AvgIpc) is 2.40. The van der Waals surface area contributed by atoms with E-state index in [9.17, 15) is 9.59 Å². The highest BCUT2D eigenvalue weighted by Gasteiger charge is 2.15. The number of amides is 2. The molecule has 0 saturated carbocycles. The van der Waals surface area contributed by atoms with Crippen molar-refractivity contribution in [2.24, 2.45) is 0 Å². The molecule has 0 spiro atoms. The summed E-state index contributed by atoms with van der Waals surface area (Å²) >= 11 is 0. The molecule has 1 heterocycles. The van der Waals surface area contributed by atoms with E-state index in [4.69, 9.17) is 0 Å². The monoisotopic (exact) mass is 247 g/mol. The van der Waals surface area contributed by atoms with E-state index in [0.717, 1.165) is 26.2 Å². The van der Waals surface area contributed by atoms with Gasteiger partial charge in [0, 0.05) is 37.4 Å². The SMILES string of the molecule is CC(=O)c1ccc(NC(=O)N2CCNCC2)cc1. The van der Waals surface area contributed by atoms with Crippen molar-refractivity contribution < 1.29 is 9.59 Å². The number of carbonyl (C=O) groups excluding carboxylic acids is 2. The summed E-state index contributed by atoms with van der Waals surface area (Å²) in [4.78, 5) is 24.8. The minimum Gasteiger partial charge on any atom is -0.322 e. The summed E-state index contributed by atoms with van der Waals surface area (Å²) in [5.74, 6) is 0.0231. The highest BCUT2D eigenvalue weighted by atomic mass is 16.2. The summed E-state index contributed by atoms with van der Waals surface area (Å²) in [5.41, 5.74) is 1.36. The number of carbonyl (C=O) groups is 2. The van der Waals surface area contributed by atoms with Crippen LogP contribution in [-0.2, 0) is 0 Å². The number of hydrogen-bond acceptors (Lipinski definition) is 3. The number of nitrogens with zero attached hydrogens (tertiary/aromatic N) is 1. The van der Waals surface area contributed by atoms with Crippen LogP contribution in [0.5, 0.6) is 0 Å². The van der Waals surface area contributed by atoms with E-state index in [1.54, 1.807) is 29.2 Å². The molecule has 1 aromatic carbocycles. The number of urea groups is 1. The van der Waals surface area contributed by atoms with Crippen molar-refractivity contribution in [2.45, 2.75) is 6.92 Å². The van der Waals surface area contributed by atoms with Crippen LogP contribution < -0.4 is 10.6 Å². The van der Waals surface area contributed by atoms with Gasteiger partial charge < -0.3 is 15.5 Å². The second kappa shape index (κ2) is 5.64. The lowest BCUT2D eigenvalue weighted by atomic mass is 10.1. The Balaban J connectivity index is 1.96. The van der Waals surface area contributed by atoms with Crippen LogP contribution in [-0.4, -0.2) is 42.9 Å². The van der Waals surface area contributed by atoms with Crippen molar-refractivity contribution in [3.63, 3.8) is 0 Å². The van der Waals surface area contributed by atoms with Gasteiger partial charge in [0.25, 0.3) is 0 Å². The number of rotatable bonds is 2. The van der Waals surface area contributed by atoms with Crippen molar-refractivity contribution in [3.05, 3.63) is 29.8 Å². The van der Waals surface area contributed by atoms with Crippen LogP contribution in [0.4, 0.5) is 10.5 Å². The molecule has 1 saturated heterocycles. The Hall–Kier alpha value is -1.88. The Bertz CT molecular complexity index is 436. The molecule has 1 aromatic rings. The standard InChI is InChI=1S/C13H17N3O2/c1-10(17)11-2-4-12(5-3-11)15-13(18)16-8-6-14-7-9-16/h2-5,14H,6-9H2,1H3,(H,15,18). The van der Waals surface area contributed by atoms with Crippen molar-refractivity contribution in [1.29, 1.82) is 0 Å². The van der Waals surface area contributed by atoms with Crippen molar-refractivity contribution in [1.82, 2.24) is 10.2 Å². The first-order valence-corrected chi connectivity index (χ1v) is 6.04. The average molecular weight is 247 g/mol. The van der Waals surface area contributed by atoms with Crippen LogP contribution in [0.1, 0.15) is 17.3 Å². The van der Waals surface area contributed by atoms with E-state index in [1.807, 2.05) is 0 Å². The molecule has 5 nitrogen and oxygen atoms in total. The molecule has 1 fully saturated rings. The Morgan fingerprint density at radius 3 is 2.33 bits per heavy atom. The lowest BCUT2D eigenvalue weighted by Gasteiger charge is -2.27. The summed E-state index contributed by atoms with van der Waals surface area (Å²) in [7, 11) is 0. The lowest BCUT2D eigenvalue weighted by Crippen LogP contribution is -2.48. The number of benzene rings is 1. The molecule has 96 valence electrons. The van der Waals surface area contributed by atoms with E-state index < -0.39 is 0 Å². The van der Waals surface area contributed by atoms with Crippen LogP contribution in [0.15, 0.2) is 24.3 Å². The number of ketones is 1.